The van der Waals surface area contributed by atoms with Gasteiger partial charge in [0, 0.05) is 29.2 Å². The Kier molecular flexibility index (Phi) is 4.42. The number of halogens is 1. The van der Waals surface area contributed by atoms with Crippen molar-refractivity contribution in [3.8, 4) is 10.6 Å². The molecule has 5 heteroatoms. The molecule has 0 aliphatic heterocycles. The van der Waals surface area contributed by atoms with Crippen molar-refractivity contribution in [2.75, 3.05) is 0 Å². The van der Waals surface area contributed by atoms with E-state index in [0.717, 1.165) is 16.1 Å². The molecule has 2 aromatic heterocycles. The van der Waals surface area contributed by atoms with Crippen LogP contribution in [0, 0.1) is 0 Å². The Morgan fingerprint density at radius 3 is 2.55 bits per heavy atom. The van der Waals surface area contributed by atoms with E-state index in [-0.39, 0.29) is 5.78 Å². The number of carbonyl (C=O) groups is 1. The molecule has 0 fully saturated rings. The van der Waals surface area contributed by atoms with Gasteiger partial charge in [0.1, 0.15) is 5.01 Å². The molecular formula is C17H11ClN2OS. The summed E-state index contributed by atoms with van der Waals surface area (Å²) in [6.07, 6.45) is 8.30. The molecule has 0 aliphatic rings. The molecule has 22 heavy (non-hydrogen) atoms. The molecule has 108 valence electrons. The van der Waals surface area contributed by atoms with E-state index >= 15 is 0 Å². The Morgan fingerprint density at radius 2 is 1.82 bits per heavy atom. The predicted octanol–water partition coefficient (Wildman–Crippen LogP) is 4.75. The normalized spacial score (nSPS) is 11.0. The van der Waals surface area contributed by atoms with E-state index in [9.17, 15) is 4.79 Å². The highest BCUT2D eigenvalue weighted by molar-refractivity contribution is 7.17. The van der Waals surface area contributed by atoms with Crippen LogP contribution in [0.15, 0.2) is 61.1 Å². The van der Waals surface area contributed by atoms with Gasteiger partial charge in [-0.1, -0.05) is 29.8 Å². The van der Waals surface area contributed by atoms with Crippen LogP contribution in [0.3, 0.4) is 0 Å². The maximum absolute atomic E-state index is 12.2. The maximum atomic E-state index is 12.2. The fourth-order valence-corrected chi connectivity index (χ4v) is 2.81. The number of ketones is 1. The Balaban J connectivity index is 1.77. The van der Waals surface area contributed by atoms with E-state index in [1.54, 1.807) is 30.7 Å². The highest BCUT2D eigenvalue weighted by Gasteiger charge is 2.09. The maximum Gasteiger partial charge on any atom is 0.197 e. The van der Waals surface area contributed by atoms with Gasteiger partial charge < -0.3 is 0 Å². The van der Waals surface area contributed by atoms with E-state index in [0.29, 0.717) is 9.90 Å². The van der Waals surface area contributed by atoms with Gasteiger partial charge in [-0.15, -0.1) is 11.3 Å². The molecule has 3 aromatic rings. The van der Waals surface area contributed by atoms with Crippen molar-refractivity contribution < 1.29 is 4.79 Å². The monoisotopic (exact) mass is 326 g/mol. The first-order valence-electron chi connectivity index (χ1n) is 6.56. The lowest BCUT2D eigenvalue weighted by atomic mass is 10.2. The van der Waals surface area contributed by atoms with Crippen molar-refractivity contribution in [2.24, 2.45) is 0 Å². The lowest BCUT2D eigenvalue weighted by molar-refractivity contribution is 0.105. The third-order valence-electron chi connectivity index (χ3n) is 2.97. The lowest BCUT2D eigenvalue weighted by Gasteiger charge is -1.95. The summed E-state index contributed by atoms with van der Waals surface area (Å²) in [5, 5.41) is 1.48. The lowest BCUT2D eigenvalue weighted by Crippen LogP contribution is -1.88. The summed E-state index contributed by atoms with van der Waals surface area (Å²) in [7, 11) is 0. The first-order valence-corrected chi connectivity index (χ1v) is 7.76. The van der Waals surface area contributed by atoms with Gasteiger partial charge in [-0.05, 0) is 35.9 Å². The number of nitrogens with zero attached hydrogens (tertiary/aromatic N) is 2. The summed E-state index contributed by atoms with van der Waals surface area (Å²) in [5.41, 5.74) is 1.89. The van der Waals surface area contributed by atoms with Crippen LogP contribution in [0.25, 0.3) is 16.6 Å². The molecular weight excluding hydrogens is 316 g/mol. The molecule has 0 saturated heterocycles. The summed E-state index contributed by atoms with van der Waals surface area (Å²) >= 11 is 7.24. The molecule has 0 atom stereocenters. The van der Waals surface area contributed by atoms with E-state index < -0.39 is 0 Å². The van der Waals surface area contributed by atoms with Crippen LogP contribution in [-0.2, 0) is 0 Å². The largest absolute Gasteiger partial charge is 0.288 e. The average Bonchev–Trinajstić information content (AvgIpc) is 3.04. The highest BCUT2D eigenvalue weighted by Crippen LogP contribution is 2.26. The summed E-state index contributed by atoms with van der Waals surface area (Å²) in [6, 6.07) is 11.1. The minimum absolute atomic E-state index is 0.0606. The van der Waals surface area contributed by atoms with Crippen LogP contribution in [-0.4, -0.2) is 15.8 Å². The first kappa shape index (κ1) is 14.6. The fraction of sp³-hybridized carbons (Fsp3) is 0. The first-order chi connectivity index (χ1) is 10.7. The Morgan fingerprint density at radius 1 is 1.09 bits per heavy atom. The minimum Gasteiger partial charge on any atom is -0.288 e. The third-order valence-corrected chi connectivity index (χ3v) is 4.29. The van der Waals surface area contributed by atoms with Crippen molar-refractivity contribution in [3.63, 3.8) is 0 Å². The van der Waals surface area contributed by atoms with E-state index in [1.165, 1.54) is 11.3 Å². The van der Waals surface area contributed by atoms with Crippen LogP contribution in [0.4, 0.5) is 0 Å². The molecule has 0 aliphatic carbocycles. The van der Waals surface area contributed by atoms with Gasteiger partial charge in [-0.2, -0.15) is 0 Å². The molecule has 3 nitrogen and oxygen atoms in total. The van der Waals surface area contributed by atoms with Crippen LogP contribution < -0.4 is 0 Å². The molecule has 0 bridgehead atoms. The molecule has 0 unspecified atom stereocenters. The second-order valence-corrected chi connectivity index (χ2v) is 5.98. The zero-order valence-electron chi connectivity index (χ0n) is 11.4. The second-order valence-electron chi connectivity index (χ2n) is 4.51. The number of allylic oxidation sites excluding steroid dienone is 1. The van der Waals surface area contributed by atoms with Gasteiger partial charge >= 0.3 is 0 Å². The van der Waals surface area contributed by atoms with Crippen molar-refractivity contribution in [1.82, 2.24) is 9.97 Å². The van der Waals surface area contributed by atoms with E-state index in [1.807, 2.05) is 36.4 Å². The summed E-state index contributed by atoms with van der Waals surface area (Å²) in [4.78, 5) is 21.0. The number of thiazole rings is 1. The van der Waals surface area contributed by atoms with Gasteiger partial charge in [0.25, 0.3) is 0 Å². The number of aromatic nitrogens is 2. The molecule has 3 rings (SSSR count). The van der Waals surface area contributed by atoms with Crippen LogP contribution in [0.1, 0.15) is 15.2 Å². The topological polar surface area (TPSA) is 42.9 Å². The zero-order valence-corrected chi connectivity index (χ0v) is 13.0. The number of hydrogen-bond donors (Lipinski definition) is 0. The molecule has 0 radical (unpaired) electrons. The van der Waals surface area contributed by atoms with E-state index in [4.69, 9.17) is 11.6 Å². The van der Waals surface area contributed by atoms with Crippen LogP contribution >= 0.6 is 22.9 Å². The Hall–Kier alpha value is -2.30. The highest BCUT2D eigenvalue weighted by atomic mass is 35.5. The minimum atomic E-state index is -0.0606. The molecule has 0 amide bonds. The van der Waals surface area contributed by atoms with Crippen molar-refractivity contribution in [2.45, 2.75) is 0 Å². The number of carbonyl (C=O) groups excluding carboxylic acids is 1. The quantitative estimate of drug-likeness (QED) is 0.513. The summed E-state index contributed by atoms with van der Waals surface area (Å²) in [5.74, 6) is -0.0606. The molecule has 0 saturated carbocycles. The third kappa shape index (κ3) is 3.47. The molecule has 1 aromatic carbocycles. The van der Waals surface area contributed by atoms with Gasteiger partial charge in [-0.25, -0.2) is 4.98 Å². The smallest absolute Gasteiger partial charge is 0.197 e. The van der Waals surface area contributed by atoms with Gasteiger partial charge in [-0.3, -0.25) is 9.78 Å². The van der Waals surface area contributed by atoms with Gasteiger partial charge in [0.05, 0.1) is 4.88 Å². The van der Waals surface area contributed by atoms with Crippen molar-refractivity contribution in [3.05, 3.63) is 76.5 Å². The van der Waals surface area contributed by atoms with Gasteiger partial charge in [0.15, 0.2) is 5.78 Å². The number of hydrogen-bond acceptors (Lipinski definition) is 4. The number of pyridine rings is 1. The van der Waals surface area contributed by atoms with Crippen LogP contribution in [0.2, 0.25) is 5.02 Å². The SMILES string of the molecule is O=C(C=Cc1ccncc1)c1cnc(-c2ccc(Cl)cc2)s1. The number of benzene rings is 1. The summed E-state index contributed by atoms with van der Waals surface area (Å²) < 4.78 is 0. The summed E-state index contributed by atoms with van der Waals surface area (Å²) in [6.45, 7) is 0. The standard InChI is InChI=1S/C17H11ClN2OS/c18-14-4-2-13(3-5-14)17-20-11-16(22-17)15(21)6-1-12-7-9-19-10-8-12/h1-11H. The molecule has 2 heterocycles. The Labute approximate surface area is 136 Å². The number of rotatable bonds is 4. The van der Waals surface area contributed by atoms with Crippen molar-refractivity contribution >= 4 is 34.8 Å². The van der Waals surface area contributed by atoms with Gasteiger partial charge in [0.2, 0.25) is 0 Å². The zero-order chi connectivity index (χ0) is 15.4. The predicted molar refractivity (Wildman–Crippen MR) is 90.2 cm³/mol. The second kappa shape index (κ2) is 6.64. The Bertz CT molecular complexity index is 810. The van der Waals surface area contributed by atoms with E-state index in [2.05, 4.69) is 9.97 Å². The fourth-order valence-electron chi connectivity index (χ4n) is 1.84. The average molecular weight is 327 g/mol. The van der Waals surface area contributed by atoms with Crippen molar-refractivity contribution in [1.29, 1.82) is 0 Å². The molecule has 0 spiro atoms. The van der Waals surface area contributed by atoms with Crippen LogP contribution in [0.5, 0.6) is 0 Å². The molecule has 0 N–H and O–H groups in total.